The first-order valence-electron chi connectivity index (χ1n) is 8.77. The zero-order valence-corrected chi connectivity index (χ0v) is 15.0. The van der Waals surface area contributed by atoms with Gasteiger partial charge in [0.2, 0.25) is 11.7 Å². The molecule has 0 bridgehead atoms. The van der Waals surface area contributed by atoms with Crippen LogP contribution in [0.3, 0.4) is 0 Å². The summed E-state index contributed by atoms with van der Waals surface area (Å²) in [5, 5.41) is 11.5. The second-order valence-corrected chi connectivity index (χ2v) is 6.53. The van der Waals surface area contributed by atoms with Gasteiger partial charge in [0.15, 0.2) is 11.6 Å². The highest BCUT2D eigenvalue weighted by Gasteiger charge is 2.22. The van der Waals surface area contributed by atoms with Crippen LogP contribution >= 0.6 is 0 Å². The second kappa shape index (κ2) is 8.94. The Kier molecular flexibility index (Phi) is 6.37. The number of nitrogens with one attached hydrogen (secondary N) is 1. The lowest BCUT2D eigenvalue weighted by molar-refractivity contribution is -0.122. The van der Waals surface area contributed by atoms with Gasteiger partial charge in [-0.3, -0.25) is 9.69 Å². The van der Waals surface area contributed by atoms with Crippen molar-refractivity contribution in [1.29, 1.82) is 0 Å². The van der Waals surface area contributed by atoms with Crippen LogP contribution in [-0.4, -0.2) is 54.2 Å². The molecule has 1 amide bonds. The number of carboxylic acid groups (broad SMARTS) is 1. The first kappa shape index (κ1) is 20.0. The molecule has 0 saturated carbocycles. The lowest BCUT2D eigenvalue weighted by atomic mass is 10.1. The van der Waals surface area contributed by atoms with Crippen molar-refractivity contribution in [3.05, 3.63) is 59.1 Å². The number of benzene rings is 1. The van der Waals surface area contributed by atoms with Gasteiger partial charge in [-0.2, -0.15) is 0 Å². The van der Waals surface area contributed by atoms with Gasteiger partial charge in [0.1, 0.15) is 5.76 Å². The minimum atomic E-state index is -1.19. The summed E-state index contributed by atoms with van der Waals surface area (Å²) in [5.41, 5.74) is 0.663. The highest BCUT2D eigenvalue weighted by atomic mass is 19.2. The highest BCUT2D eigenvalue weighted by Crippen LogP contribution is 2.14. The Hall–Kier alpha value is -2.78. The van der Waals surface area contributed by atoms with Crippen molar-refractivity contribution >= 4 is 11.9 Å². The van der Waals surface area contributed by atoms with Crippen LogP contribution in [0.25, 0.3) is 0 Å². The lowest BCUT2D eigenvalue weighted by Crippen LogP contribution is -2.47. The molecule has 0 radical (unpaired) electrons. The highest BCUT2D eigenvalue weighted by molar-refractivity contribution is 5.84. The number of morpholine rings is 1. The summed E-state index contributed by atoms with van der Waals surface area (Å²) in [7, 11) is 0. The van der Waals surface area contributed by atoms with E-state index in [2.05, 4.69) is 5.32 Å². The Morgan fingerprint density at radius 2 is 2.04 bits per heavy atom. The van der Waals surface area contributed by atoms with Gasteiger partial charge >= 0.3 is 5.97 Å². The molecule has 1 saturated heterocycles. The van der Waals surface area contributed by atoms with E-state index in [4.69, 9.17) is 14.3 Å². The molecular weight excluding hydrogens is 374 g/mol. The second-order valence-electron chi connectivity index (χ2n) is 6.53. The monoisotopic (exact) mass is 394 g/mol. The number of carbonyl (C=O) groups is 2. The van der Waals surface area contributed by atoms with Gasteiger partial charge in [-0.1, -0.05) is 6.07 Å². The molecular formula is C19H20F2N2O5. The molecule has 1 aliphatic rings. The smallest absolute Gasteiger partial charge is 0.371 e. The lowest BCUT2D eigenvalue weighted by Gasteiger charge is -2.33. The van der Waals surface area contributed by atoms with E-state index >= 15 is 0 Å². The molecule has 0 aliphatic carbocycles. The summed E-state index contributed by atoms with van der Waals surface area (Å²) >= 11 is 0. The number of ether oxygens (including phenoxy) is 1. The van der Waals surface area contributed by atoms with Crippen molar-refractivity contribution in [3.8, 4) is 0 Å². The topological polar surface area (TPSA) is 92.0 Å². The predicted molar refractivity (Wildman–Crippen MR) is 93.8 cm³/mol. The van der Waals surface area contributed by atoms with E-state index in [0.717, 1.165) is 6.07 Å². The molecule has 0 unspecified atom stereocenters. The van der Waals surface area contributed by atoms with Crippen LogP contribution in [0.1, 0.15) is 21.9 Å². The van der Waals surface area contributed by atoms with Gasteiger partial charge in [0, 0.05) is 26.2 Å². The number of hydrogen-bond acceptors (Lipinski definition) is 5. The van der Waals surface area contributed by atoms with Gasteiger partial charge in [0.05, 0.1) is 19.1 Å². The summed E-state index contributed by atoms with van der Waals surface area (Å²) in [6.07, 6.45) is -0.312. The maximum atomic E-state index is 13.3. The van der Waals surface area contributed by atoms with Crippen LogP contribution in [0.2, 0.25) is 0 Å². The third-order valence-corrected chi connectivity index (χ3v) is 4.35. The molecule has 2 N–H and O–H groups in total. The molecule has 1 aliphatic heterocycles. The zero-order valence-electron chi connectivity index (χ0n) is 15.0. The molecule has 9 heteroatoms. The Labute approximate surface area is 159 Å². The van der Waals surface area contributed by atoms with Gasteiger partial charge in [-0.05, 0) is 29.8 Å². The molecule has 2 aromatic rings. The molecule has 7 nitrogen and oxygen atoms in total. The minimum Gasteiger partial charge on any atom is -0.475 e. The number of nitrogens with zero attached hydrogens (tertiary/aromatic N) is 1. The largest absolute Gasteiger partial charge is 0.475 e. The first-order valence-corrected chi connectivity index (χ1v) is 8.77. The molecule has 1 fully saturated rings. The summed E-state index contributed by atoms with van der Waals surface area (Å²) in [4.78, 5) is 24.8. The SMILES string of the molecule is O=C(Cc1ccc(C(=O)O)o1)NC[C@H]1CN(Cc2ccc(F)c(F)c2)CCO1. The van der Waals surface area contributed by atoms with Crippen molar-refractivity contribution in [1.82, 2.24) is 10.2 Å². The Morgan fingerprint density at radius 1 is 1.21 bits per heavy atom. The van der Waals surface area contributed by atoms with E-state index in [1.165, 1.54) is 18.2 Å². The number of halogens is 2. The van der Waals surface area contributed by atoms with Crippen LogP contribution < -0.4 is 5.32 Å². The van der Waals surface area contributed by atoms with Gasteiger partial charge < -0.3 is 19.6 Å². The molecule has 150 valence electrons. The fraction of sp³-hybridized carbons (Fsp3) is 0.368. The zero-order chi connectivity index (χ0) is 20.1. The molecule has 0 spiro atoms. The van der Waals surface area contributed by atoms with Gasteiger partial charge in [0.25, 0.3) is 0 Å². The van der Waals surface area contributed by atoms with Crippen molar-refractivity contribution in [2.45, 2.75) is 19.1 Å². The number of rotatable bonds is 7. The number of amides is 1. The standard InChI is InChI=1S/C19H20F2N2O5/c20-15-3-1-12(7-16(15)21)10-23-5-6-27-14(11-23)9-22-18(24)8-13-2-4-17(28-13)19(25)26/h1-4,7,14H,5-6,8-11H2,(H,22,24)(H,25,26)/t14-/m0/s1. The van der Waals surface area contributed by atoms with Crippen LogP contribution in [0, 0.1) is 11.6 Å². The predicted octanol–water partition coefficient (Wildman–Crippen LogP) is 1.82. The van der Waals surface area contributed by atoms with Crippen molar-refractivity contribution < 1.29 is 32.6 Å². The van der Waals surface area contributed by atoms with E-state index in [1.807, 2.05) is 4.90 Å². The third-order valence-electron chi connectivity index (χ3n) is 4.35. The average molecular weight is 394 g/mol. The summed E-state index contributed by atoms with van der Waals surface area (Å²) in [6, 6.07) is 6.57. The Bertz CT molecular complexity index is 855. The van der Waals surface area contributed by atoms with Crippen LogP contribution in [0.5, 0.6) is 0 Å². The van der Waals surface area contributed by atoms with Crippen molar-refractivity contribution in [2.75, 3.05) is 26.2 Å². The maximum absolute atomic E-state index is 13.3. The fourth-order valence-corrected chi connectivity index (χ4v) is 2.98. The van der Waals surface area contributed by atoms with E-state index in [1.54, 1.807) is 6.07 Å². The Morgan fingerprint density at radius 3 is 2.75 bits per heavy atom. The van der Waals surface area contributed by atoms with Crippen LogP contribution in [-0.2, 0) is 22.5 Å². The number of carbonyl (C=O) groups excluding carboxylic acids is 1. The van der Waals surface area contributed by atoms with Crippen LogP contribution in [0.4, 0.5) is 8.78 Å². The van der Waals surface area contributed by atoms with Crippen molar-refractivity contribution in [2.24, 2.45) is 0 Å². The van der Waals surface area contributed by atoms with Gasteiger partial charge in [-0.25, -0.2) is 13.6 Å². The molecule has 1 aromatic heterocycles. The number of carboxylic acids is 1. The number of aromatic carboxylic acids is 1. The number of furan rings is 1. The molecule has 3 rings (SSSR count). The van der Waals surface area contributed by atoms with Gasteiger partial charge in [-0.15, -0.1) is 0 Å². The van der Waals surface area contributed by atoms with E-state index in [9.17, 15) is 18.4 Å². The van der Waals surface area contributed by atoms with E-state index in [0.29, 0.717) is 31.8 Å². The number of hydrogen-bond donors (Lipinski definition) is 2. The normalized spacial score (nSPS) is 17.4. The van der Waals surface area contributed by atoms with E-state index in [-0.39, 0.29) is 36.5 Å². The molecule has 2 heterocycles. The fourth-order valence-electron chi connectivity index (χ4n) is 2.98. The Balaban J connectivity index is 1.45. The third kappa shape index (κ3) is 5.37. The molecule has 28 heavy (non-hydrogen) atoms. The first-order chi connectivity index (χ1) is 13.4. The summed E-state index contributed by atoms with van der Waals surface area (Å²) in [5.74, 6) is -3.21. The average Bonchev–Trinajstić information content (AvgIpc) is 3.12. The van der Waals surface area contributed by atoms with E-state index < -0.39 is 17.6 Å². The summed E-state index contributed by atoms with van der Waals surface area (Å²) < 4.78 is 37.1. The van der Waals surface area contributed by atoms with Crippen molar-refractivity contribution in [3.63, 3.8) is 0 Å². The maximum Gasteiger partial charge on any atom is 0.371 e. The molecule has 1 atom stereocenters. The van der Waals surface area contributed by atoms with Crippen LogP contribution in [0.15, 0.2) is 34.7 Å². The summed E-state index contributed by atoms with van der Waals surface area (Å²) in [6.45, 7) is 2.37. The minimum absolute atomic E-state index is 0.0709. The quantitative estimate of drug-likeness (QED) is 0.744. The molecule has 1 aromatic carbocycles.